The van der Waals surface area contributed by atoms with Gasteiger partial charge in [-0.05, 0) is 68.6 Å². The number of nitrogens with one attached hydrogen (secondary N) is 2. The van der Waals surface area contributed by atoms with Crippen molar-refractivity contribution in [1.82, 2.24) is 0 Å². The summed E-state index contributed by atoms with van der Waals surface area (Å²) in [7, 11) is 2.50. The minimum atomic E-state index is -0.604. The van der Waals surface area contributed by atoms with E-state index in [2.05, 4.69) is 10.6 Å². The van der Waals surface area contributed by atoms with Gasteiger partial charge in [0, 0.05) is 10.6 Å². The molecule has 1 aromatic carbocycles. The Hall–Kier alpha value is -2.98. The maximum absolute atomic E-state index is 12.6. The molecule has 2 N–H and O–H groups in total. The Morgan fingerprint density at radius 1 is 0.969 bits per heavy atom. The van der Waals surface area contributed by atoms with Crippen LogP contribution in [0.3, 0.4) is 0 Å². The monoisotopic (exact) mass is 476 g/mol. The molecule has 0 atom stereocenters. The number of hydrogen-bond acceptors (Lipinski definition) is 8. The lowest BCUT2D eigenvalue weighted by Gasteiger charge is -2.14. The molecule has 10 heteroatoms. The first-order valence-electron chi connectivity index (χ1n) is 10.1. The maximum Gasteiger partial charge on any atom is 0.341 e. The summed E-state index contributed by atoms with van der Waals surface area (Å²) in [5.41, 5.74) is 2.27. The summed E-state index contributed by atoms with van der Waals surface area (Å²) >= 11 is 6.93. The first kappa shape index (κ1) is 23.7. The predicted molar refractivity (Wildman–Crippen MR) is 126 cm³/mol. The lowest BCUT2D eigenvalue weighted by Crippen LogP contribution is -2.21. The molecule has 1 aliphatic carbocycles. The van der Waals surface area contributed by atoms with Gasteiger partial charge in [-0.15, -0.1) is 11.3 Å². The second-order valence-corrected chi connectivity index (χ2v) is 8.51. The van der Waals surface area contributed by atoms with E-state index in [1.54, 1.807) is 6.92 Å². The highest BCUT2D eigenvalue weighted by Crippen LogP contribution is 2.38. The van der Waals surface area contributed by atoms with E-state index in [0.29, 0.717) is 16.3 Å². The summed E-state index contributed by atoms with van der Waals surface area (Å²) in [4.78, 5) is 37.8. The fourth-order valence-electron chi connectivity index (χ4n) is 3.51. The molecule has 2 aromatic rings. The van der Waals surface area contributed by atoms with Crippen LogP contribution in [0.1, 0.15) is 61.3 Å². The number of thiocarbonyl (C=S) groups is 1. The SMILES string of the molecule is CCOC(=O)c1c(NC(=S)Nc2cc(C(=O)OC)cc(C(=O)OC)c2)sc2c1CCCC2. The standard InChI is InChI=1S/C22H24N2O6S2/c1-4-30-21(27)17-15-7-5-6-8-16(15)32-18(17)24-22(31)23-14-10-12(19(25)28-2)9-13(11-14)20(26)29-3/h9-11H,4-8H2,1-3H3,(H2,23,24,31). The molecular formula is C22H24N2O6S2. The van der Waals surface area contributed by atoms with Crippen LogP contribution in [0.4, 0.5) is 10.7 Å². The van der Waals surface area contributed by atoms with Crippen LogP contribution < -0.4 is 10.6 Å². The van der Waals surface area contributed by atoms with Gasteiger partial charge in [-0.25, -0.2) is 14.4 Å². The number of aryl methyl sites for hydroxylation is 1. The quantitative estimate of drug-likeness (QED) is 0.361. The Morgan fingerprint density at radius 3 is 2.19 bits per heavy atom. The zero-order valence-electron chi connectivity index (χ0n) is 18.0. The number of ether oxygens (including phenoxy) is 3. The Morgan fingerprint density at radius 2 is 1.59 bits per heavy atom. The molecule has 0 fully saturated rings. The zero-order chi connectivity index (χ0) is 23.3. The van der Waals surface area contributed by atoms with Crippen LogP contribution >= 0.6 is 23.6 Å². The minimum Gasteiger partial charge on any atom is -0.465 e. The van der Waals surface area contributed by atoms with E-state index in [1.165, 1.54) is 43.8 Å². The van der Waals surface area contributed by atoms with Crippen LogP contribution in [0.15, 0.2) is 18.2 Å². The molecule has 1 heterocycles. The van der Waals surface area contributed by atoms with E-state index in [-0.39, 0.29) is 28.8 Å². The van der Waals surface area contributed by atoms with E-state index in [4.69, 9.17) is 26.4 Å². The number of hydrogen-bond donors (Lipinski definition) is 2. The van der Waals surface area contributed by atoms with Crippen molar-refractivity contribution in [2.75, 3.05) is 31.5 Å². The lowest BCUT2D eigenvalue weighted by molar-refractivity contribution is 0.0524. The highest BCUT2D eigenvalue weighted by molar-refractivity contribution is 7.80. The molecule has 0 saturated carbocycles. The van der Waals surface area contributed by atoms with Gasteiger partial charge in [-0.2, -0.15) is 0 Å². The summed E-state index contributed by atoms with van der Waals surface area (Å²) in [5, 5.41) is 6.87. The van der Waals surface area contributed by atoms with Crippen molar-refractivity contribution >= 4 is 57.3 Å². The van der Waals surface area contributed by atoms with Crippen LogP contribution in [0.2, 0.25) is 0 Å². The third-order valence-corrected chi connectivity index (χ3v) is 6.32. The van der Waals surface area contributed by atoms with Gasteiger partial charge < -0.3 is 24.8 Å². The number of rotatable bonds is 6. The van der Waals surface area contributed by atoms with Crippen molar-refractivity contribution in [1.29, 1.82) is 0 Å². The van der Waals surface area contributed by atoms with Gasteiger partial charge in [-0.1, -0.05) is 0 Å². The average molecular weight is 477 g/mol. The van der Waals surface area contributed by atoms with Crippen LogP contribution in [0.5, 0.6) is 0 Å². The predicted octanol–water partition coefficient (Wildman–Crippen LogP) is 4.19. The third-order valence-electron chi connectivity index (χ3n) is 4.91. The van der Waals surface area contributed by atoms with Crippen LogP contribution in [0, 0.1) is 0 Å². The van der Waals surface area contributed by atoms with Crippen molar-refractivity contribution in [2.24, 2.45) is 0 Å². The molecule has 1 aliphatic rings. The highest BCUT2D eigenvalue weighted by Gasteiger charge is 2.27. The molecule has 8 nitrogen and oxygen atoms in total. The maximum atomic E-state index is 12.6. The van der Waals surface area contributed by atoms with E-state index in [9.17, 15) is 14.4 Å². The average Bonchev–Trinajstić information content (AvgIpc) is 3.15. The van der Waals surface area contributed by atoms with Crippen LogP contribution in [-0.4, -0.2) is 43.8 Å². The number of anilines is 2. The van der Waals surface area contributed by atoms with Crippen LogP contribution in [0.25, 0.3) is 0 Å². The van der Waals surface area contributed by atoms with Crippen LogP contribution in [-0.2, 0) is 27.1 Å². The number of fused-ring (bicyclic) bond motifs is 1. The fraction of sp³-hybridized carbons (Fsp3) is 0.364. The Labute approximate surface area is 195 Å². The normalized spacial score (nSPS) is 12.3. The molecule has 0 radical (unpaired) electrons. The number of carbonyl (C=O) groups excluding carboxylic acids is 3. The molecule has 0 aliphatic heterocycles. The Balaban J connectivity index is 1.87. The van der Waals surface area contributed by atoms with Gasteiger partial charge in [0.15, 0.2) is 5.11 Å². The second-order valence-electron chi connectivity index (χ2n) is 7.00. The van der Waals surface area contributed by atoms with Gasteiger partial charge in [0.25, 0.3) is 0 Å². The molecule has 0 saturated heterocycles. The summed E-state index contributed by atoms with van der Waals surface area (Å²) < 4.78 is 14.8. The number of carbonyl (C=O) groups is 3. The number of methoxy groups -OCH3 is 2. The summed E-state index contributed by atoms with van der Waals surface area (Å²) in [6, 6.07) is 4.40. The van der Waals surface area contributed by atoms with E-state index >= 15 is 0 Å². The van der Waals surface area contributed by atoms with Gasteiger partial charge in [0.05, 0.1) is 37.5 Å². The summed E-state index contributed by atoms with van der Waals surface area (Å²) in [5.74, 6) is -1.58. The van der Waals surface area contributed by atoms with Gasteiger partial charge in [-0.3, -0.25) is 0 Å². The molecule has 0 bridgehead atoms. The Kier molecular flexibility index (Phi) is 7.81. The van der Waals surface area contributed by atoms with Crippen molar-refractivity contribution in [3.8, 4) is 0 Å². The van der Waals surface area contributed by atoms with E-state index in [0.717, 1.165) is 36.1 Å². The first-order valence-corrected chi connectivity index (χ1v) is 11.3. The van der Waals surface area contributed by atoms with Crippen molar-refractivity contribution in [3.63, 3.8) is 0 Å². The molecular weight excluding hydrogens is 452 g/mol. The molecule has 32 heavy (non-hydrogen) atoms. The Bertz CT molecular complexity index is 1030. The van der Waals surface area contributed by atoms with Gasteiger partial charge >= 0.3 is 17.9 Å². The molecule has 0 unspecified atom stereocenters. The summed E-state index contributed by atoms with van der Waals surface area (Å²) in [6.45, 7) is 2.05. The highest BCUT2D eigenvalue weighted by atomic mass is 32.1. The molecule has 0 amide bonds. The number of thiophene rings is 1. The molecule has 3 rings (SSSR count). The fourth-order valence-corrected chi connectivity index (χ4v) is 5.08. The number of esters is 3. The van der Waals surface area contributed by atoms with E-state index in [1.807, 2.05) is 0 Å². The topological polar surface area (TPSA) is 103 Å². The third kappa shape index (κ3) is 5.25. The van der Waals surface area contributed by atoms with E-state index < -0.39 is 11.9 Å². The molecule has 1 aromatic heterocycles. The van der Waals surface area contributed by atoms with Crippen molar-refractivity contribution < 1.29 is 28.6 Å². The molecule has 0 spiro atoms. The number of benzene rings is 1. The second kappa shape index (κ2) is 10.6. The first-order chi connectivity index (χ1) is 15.4. The molecule has 170 valence electrons. The van der Waals surface area contributed by atoms with Crippen molar-refractivity contribution in [3.05, 3.63) is 45.3 Å². The largest absolute Gasteiger partial charge is 0.465 e. The lowest BCUT2D eigenvalue weighted by atomic mass is 9.95. The smallest absolute Gasteiger partial charge is 0.341 e. The zero-order valence-corrected chi connectivity index (χ0v) is 19.7. The van der Waals surface area contributed by atoms with Gasteiger partial charge in [0.1, 0.15) is 5.00 Å². The van der Waals surface area contributed by atoms with Gasteiger partial charge in [0.2, 0.25) is 0 Å². The van der Waals surface area contributed by atoms with Crippen molar-refractivity contribution in [2.45, 2.75) is 32.6 Å². The minimum absolute atomic E-state index is 0.166. The summed E-state index contributed by atoms with van der Waals surface area (Å²) in [6.07, 6.45) is 3.84.